The number of benzene rings is 1. The Kier molecular flexibility index (Phi) is 5.49. The SMILES string of the molecule is CCc1ccc(C(=O)O)cc1OCCCOC. The highest BCUT2D eigenvalue weighted by Crippen LogP contribution is 2.21. The zero-order valence-electron chi connectivity index (χ0n) is 10.2. The normalized spacial score (nSPS) is 10.2. The van der Waals surface area contributed by atoms with E-state index >= 15 is 0 Å². The molecule has 0 heterocycles. The van der Waals surface area contributed by atoms with Gasteiger partial charge in [0.2, 0.25) is 0 Å². The van der Waals surface area contributed by atoms with E-state index in [1.807, 2.05) is 6.92 Å². The lowest BCUT2D eigenvalue weighted by Gasteiger charge is -2.11. The van der Waals surface area contributed by atoms with Crippen molar-refractivity contribution in [2.24, 2.45) is 0 Å². The summed E-state index contributed by atoms with van der Waals surface area (Å²) in [6, 6.07) is 4.98. The van der Waals surface area contributed by atoms with Crippen molar-refractivity contribution in [2.75, 3.05) is 20.3 Å². The van der Waals surface area contributed by atoms with E-state index in [1.54, 1.807) is 25.3 Å². The maximum atomic E-state index is 10.9. The number of aryl methyl sites for hydroxylation is 1. The summed E-state index contributed by atoms with van der Waals surface area (Å²) in [5.74, 6) is -0.280. The van der Waals surface area contributed by atoms with E-state index in [4.69, 9.17) is 14.6 Å². The van der Waals surface area contributed by atoms with Gasteiger partial charge in [0.05, 0.1) is 12.2 Å². The Balaban J connectivity index is 2.72. The number of hydrogen-bond donors (Lipinski definition) is 1. The fourth-order valence-electron chi connectivity index (χ4n) is 1.50. The van der Waals surface area contributed by atoms with Gasteiger partial charge in [-0.3, -0.25) is 0 Å². The summed E-state index contributed by atoms with van der Waals surface area (Å²) in [5, 5.41) is 8.91. The van der Waals surface area contributed by atoms with E-state index < -0.39 is 5.97 Å². The average Bonchev–Trinajstić information content (AvgIpc) is 2.34. The van der Waals surface area contributed by atoms with Crippen LogP contribution in [0.1, 0.15) is 29.3 Å². The molecule has 0 aliphatic rings. The Bertz CT molecular complexity index is 374. The molecule has 0 saturated heterocycles. The molecule has 0 aromatic heterocycles. The van der Waals surface area contributed by atoms with Gasteiger partial charge in [-0.15, -0.1) is 0 Å². The molecule has 0 radical (unpaired) electrons. The lowest BCUT2D eigenvalue weighted by molar-refractivity contribution is 0.0696. The van der Waals surface area contributed by atoms with Gasteiger partial charge in [-0.05, 0) is 24.1 Å². The zero-order chi connectivity index (χ0) is 12.7. The van der Waals surface area contributed by atoms with Crippen LogP contribution in [0.5, 0.6) is 5.75 Å². The molecule has 4 heteroatoms. The summed E-state index contributed by atoms with van der Waals surface area (Å²) in [7, 11) is 1.64. The summed E-state index contributed by atoms with van der Waals surface area (Å²) >= 11 is 0. The molecule has 17 heavy (non-hydrogen) atoms. The first kappa shape index (κ1) is 13.5. The molecule has 94 valence electrons. The molecule has 0 aliphatic carbocycles. The Morgan fingerprint density at radius 2 is 2.12 bits per heavy atom. The molecule has 0 unspecified atom stereocenters. The first-order valence-electron chi connectivity index (χ1n) is 5.67. The number of carboxylic acids is 1. The summed E-state index contributed by atoms with van der Waals surface area (Å²) in [4.78, 5) is 10.9. The van der Waals surface area contributed by atoms with Gasteiger partial charge in [-0.25, -0.2) is 4.79 Å². The first-order chi connectivity index (χ1) is 8.19. The Labute approximate surface area is 101 Å². The summed E-state index contributed by atoms with van der Waals surface area (Å²) < 4.78 is 10.5. The van der Waals surface area contributed by atoms with Crippen LogP contribution in [0.3, 0.4) is 0 Å². The van der Waals surface area contributed by atoms with Crippen molar-refractivity contribution in [2.45, 2.75) is 19.8 Å². The number of carbonyl (C=O) groups is 1. The van der Waals surface area contributed by atoms with Crippen LogP contribution in [0.2, 0.25) is 0 Å². The molecule has 1 aromatic carbocycles. The third-order valence-electron chi connectivity index (χ3n) is 2.45. The molecular weight excluding hydrogens is 220 g/mol. The topological polar surface area (TPSA) is 55.8 Å². The van der Waals surface area contributed by atoms with Gasteiger partial charge in [0, 0.05) is 20.1 Å². The number of hydrogen-bond acceptors (Lipinski definition) is 3. The maximum absolute atomic E-state index is 10.9. The second-order valence-electron chi connectivity index (χ2n) is 3.68. The second kappa shape index (κ2) is 6.91. The highest BCUT2D eigenvalue weighted by atomic mass is 16.5. The van der Waals surface area contributed by atoms with Gasteiger partial charge in [-0.2, -0.15) is 0 Å². The van der Waals surface area contributed by atoms with Crippen molar-refractivity contribution in [3.8, 4) is 5.75 Å². The minimum Gasteiger partial charge on any atom is -0.493 e. The fraction of sp³-hybridized carbons (Fsp3) is 0.462. The second-order valence-corrected chi connectivity index (χ2v) is 3.68. The van der Waals surface area contributed by atoms with Crippen molar-refractivity contribution in [1.82, 2.24) is 0 Å². The molecule has 0 spiro atoms. The van der Waals surface area contributed by atoms with Crippen molar-refractivity contribution in [1.29, 1.82) is 0 Å². The predicted molar refractivity (Wildman–Crippen MR) is 64.8 cm³/mol. The van der Waals surface area contributed by atoms with Gasteiger partial charge in [0.15, 0.2) is 0 Å². The van der Waals surface area contributed by atoms with E-state index in [2.05, 4.69) is 0 Å². The number of methoxy groups -OCH3 is 1. The highest BCUT2D eigenvalue weighted by molar-refractivity contribution is 5.88. The summed E-state index contributed by atoms with van der Waals surface area (Å²) in [5.41, 5.74) is 1.27. The minimum atomic E-state index is -0.936. The van der Waals surface area contributed by atoms with Gasteiger partial charge < -0.3 is 14.6 Å². The van der Waals surface area contributed by atoms with Crippen LogP contribution in [0.15, 0.2) is 18.2 Å². The van der Waals surface area contributed by atoms with E-state index in [9.17, 15) is 4.79 Å². The summed E-state index contributed by atoms with van der Waals surface area (Å²) in [6.45, 7) is 3.18. The fourth-order valence-corrected chi connectivity index (χ4v) is 1.50. The van der Waals surface area contributed by atoms with E-state index in [1.165, 1.54) is 0 Å². The van der Waals surface area contributed by atoms with Crippen LogP contribution in [-0.4, -0.2) is 31.4 Å². The van der Waals surface area contributed by atoms with Crippen LogP contribution >= 0.6 is 0 Å². The Morgan fingerprint density at radius 3 is 2.71 bits per heavy atom. The highest BCUT2D eigenvalue weighted by Gasteiger charge is 2.08. The Morgan fingerprint density at radius 1 is 1.35 bits per heavy atom. The van der Waals surface area contributed by atoms with Gasteiger partial charge in [-0.1, -0.05) is 13.0 Å². The zero-order valence-corrected chi connectivity index (χ0v) is 10.2. The van der Waals surface area contributed by atoms with Crippen LogP contribution in [0, 0.1) is 0 Å². The minimum absolute atomic E-state index is 0.254. The molecule has 1 N–H and O–H groups in total. The van der Waals surface area contributed by atoms with E-state index in [0.29, 0.717) is 19.0 Å². The molecule has 0 atom stereocenters. The molecule has 0 bridgehead atoms. The lowest BCUT2D eigenvalue weighted by atomic mass is 10.1. The van der Waals surface area contributed by atoms with E-state index in [0.717, 1.165) is 18.4 Å². The molecule has 0 saturated carbocycles. The standard InChI is InChI=1S/C13H18O4/c1-3-10-5-6-11(13(14)15)9-12(10)17-8-4-7-16-2/h5-6,9H,3-4,7-8H2,1-2H3,(H,14,15). The monoisotopic (exact) mass is 238 g/mol. The predicted octanol–water partition coefficient (Wildman–Crippen LogP) is 2.36. The lowest BCUT2D eigenvalue weighted by Crippen LogP contribution is -2.05. The Hall–Kier alpha value is -1.55. The number of rotatable bonds is 7. The molecular formula is C13H18O4. The first-order valence-corrected chi connectivity index (χ1v) is 5.67. The molecule has 0 amide bonds. The number of carboxylic acid groups (broad SMARTS) is 1. The molecule has 1 rings (SSSR count). The smallest absolute Gasteiger partial charge is 0.335 e. The van der Waals surface area contributed by atoms with Crippen molar-refractivity contribution >= 4 is 5.97 Å². The van der Waals surface area contributed by atoms with Crippen molar-refractivity contribution in [3.63, 3.8) is 0 Å². The van der Waals surface area contributed by atoms with Crippen LogP contribution in [-0.2, 0) is 11.2 Å². The van der Waals surface area contributed by atoms with Crippen LogP contribution in [0.25, 0.3) is 0 Å². The molecule has 0 fully saturated rings. The van der Waals surface area contributed by atoms with E-state index in [-0.39, 0.29) is 5.56 Å². The third kappa shape index (κ3) is 4.07. The number of aromatic carboxylic acids is 1. The average molecular weight is 238 g/mol. The molecule has 0 aliphatic heterocycles. The molecule has 4 nitrogen and oxygen atoms in total. The maximum Gasteiger partial charge on any atom is 0.335 e. The van der Waals surface area contributed by atoms with Gasteiger partial charge in [0.1, 0.15) is 5.75 Å². The quantitative estimate of drug-likeness (QED) is 0.741. The van der Waals surface area contributed by atoms with Crippen LogP contribution < -0.4 is 4.74 Å². The van der Waals surface area contributed by atoms with Crippen LogP contribution in [0.4, 0.5) is 0 Å². The molecule has 1 aromatic rings. The third-order valence-corrected chi connectivity index (χ3v) is 2.45. The van der Waals surface area contributed by atoms with Gasteiger partial charge in [0.25, 0.3) is 0 Å². The number of ether oxygens (including phenoxy) is 2. The summed E-state index contributed by atoms with van der Waals surface area (Å²) in [6.07, 6.45) is 1.61. The van der Waals surface area contributed by atoms with Crippen molar-refractivity contribution < 1.29 is 19.4 Å². The largest absolute Gasteiger partial charge is 0.493 e. The van der Waals surface area contributed by atoms with Crippen molar-refractivity contribution in [3.05, 3.63) is 29.3 Å². The van der Waals surface area contributed by atoms with Gasteiger partial charge >= 0.3 is 5.97 Å².